The van der Waals surface area contributed by atoms with E-state index in [0.29, 0.717) is 35.0 Å². The van der Waals surface area contributed by atoms with Crippen LogP contribution in [0.15, 0.2) is 35.0 Å². The molecular formula is C18H20Cl2N2O2S. The van der Waals surface area contributed by atoms with Crippen LogP contribution in [0.25, 0.3) is 0 Å². The second-order valence-corrected chi connectivity index (χ2v) is 7.34. The van der Waals surface area contributed by atoms with Gasteiger partial charge in [-0.15, -0.1) is 0 Å². The molecule has 0 aliphatic rings. The number of benzene rings is 1. The molecule has 0 spiro atoms. The molecule has 2 aromatic rings. The number of thiophene rings is 1. The van der Waals surface area contributed by atoms with Crippen LogP contribution in [-0.4, -0.2) is 30.3 Å². The summed E-state index contributed by atoms with van der Waals surface area (Å²) in [6.07, 6.45) is 0.941. The molecule has 1 heterocycles. The maximum absolute atomic E-state index is 12.4. The molecule has 2 amide bonds. The molecule has 0 saturated heterocycles. The molecule has 0 aliphatic carbocycles. The summed E-state index contributed by atoms with van der Waals surface area (Å²) < 4.78 is 0. The summed E-state index contributed by atoms with van der Waals surface area (Å²) in [4.78, 5) is 25.8. The van der Waals surface area contributed by atoms with Crippen LogP contribution in [0.1, 0.15) is 41.7 Å². The lowest BCUT2D eigenvalue weighted by atomic mass is 10.1. The number of nitrogens with zero attached hydrogens (tertiary/aromatic N) is 1. The van der Waals surface area contributed by atoms with Crippen LogP contribution >= 0.6 is 34.5 Å². The van der Waals surface area contributed by atoms with Gasteiger partial charge >= 0.3 is 0 Å². The Morgan fingerprint density at radius 3 is 2.68 bits per heavy atom. The third kappa shape index (κ3) is 5.46. The van der Waals surface area contributed by atoms with Gasteiger partial charge in [-0.2, -0.15) is 11.3 Å². The predicted molar refractivity (Wildman–Crippen MR) is 104 cm³/mol. The Bertz CT molecular complexity index is 735. The average Bonchev–Trinajstić information content (AvgIpc) is 3.11. The van der Waals surface area contributed by atoms with Gasteiger partial charge in [0.05, 0.1) is 6.04 Å². The van der Waals surface area contributed by atoms with Gasteiger partial charge in [0.15, 0.2) is 0 Å². The minimum absolute atomic E-state index is 0.00305. The fraction of sp³-hybridized carbons (Fsp3) is 0.333. The maximum Gasteiger partial charge on any atom is 0.252 e. The van der Waals surface area contributed by atoms with E-state index in [0.717, 1.165) is 5.56 Å². The van der Waals surface area contributed by atoms with Crippen molar-refractivity contribution in [3.63, 3.8) is 0 Å². The van der Waals surface area contributed by atoms with Crippen LogP contribution in [0, 0.1) is 0 Å². The summed E-state index contributed by atoms with van der Waals surface area (Å²) in [5.74, 6) is -0.105. The smallest absolute Gasteiger partial charge is 0.252 e. The van der Waals surface area contributed by atoms with Crippen LogP contribution in [0.5, 0.6) is 0 Å². The van der Waals surface area contributed by atoms with Gasteiger partial charge in [-0.05, 0) is 42.5 Å². The van der Waals surface area contributed by atoms with Gasteiger partial charge in [0, 0.05) is 41.0 Å². The number of rotatable bonds is 7. The van der Waals surface area contributed by atoms with Crippen molar-refractivity contribution in [3.8, 4) is 0 Å². The lowest BCUT2D eigenvalue weighted by Gasteiger charge is -2.26. The van der Waals surface area contributed by atoms with Crippen LogP contribution in [0.3, 0.4) is 0 Å². The van der Waals surface area contributed by atoms with E-state index in [4.69, 9.17) is 23.2 Å². The summed E-state index contributed by atoms with van der Waals surface area (Å²) in [5.41, 5.74) is 1.51. The number of carbonyl (C=O) groups is 2. The number of carbonyl (C=O) groups excluding carboxylic acids is 2. The number of nitrogens with one attached hydrogen (secondary N) is 1. The fourth-order valence-corrected chi connectivity index (χ4v) is 3.58. The van der Waals surface area contributed by atoms with E-state index >= 15 is 0 Å². The topological polar surface area (TPSA) is 49.4 Å². The molecule has 134 valence electrons. The molecule has 1 atom stereocenters. The van der Waals surface area contributed by atoms with Gasteiger partial charge < -0.3 is 10.2 Å². The number of halogens is 2. The van der Waals surface area contributed by atoms with Crippen molar-refractivity contribution in [2.75, 3.05) is 13.6 Å². The van der Waals surface area contributed by atoms with Crippen LogP contribution in [0.2, 0.25) is 10.0 Å². The van der Waals surface area contributed by atoms with E-state index in [1.54, 1.807) is 35.5 Å². The third-order valence-corrected chi connectivity index (χ3v) is 5.27. The second-order valence-electron chi connectivity index (χ2n) is 5.72. The quantitative estimate of drug-likeness (QED) is 0.681. The van der Waals surface area contributed by atoms with Crippen LogP contribution in [-0.2, 0) is 4.79 Å². The highest BCUT2D eigenvalue weighted by molar-refractivity contribution is 7.08. The van der Waals surface area contributed by atoms with E-state index in [9.17, 15) is 9.59 Å². The van der Waals surface area contributed by atoms with Crippen molar-refractivity contribution in [2.24, 2.45) is 0 Å². The molecule has 0 unspecified atom stereocenters. The Labute approximate surface area is 161 Å². The van der Waals surface area contributed by atoms with E-state index in [2.05, 4.69) is 5.32 Å². The van der Waals surface area contributed by atoms with Gasteiger partial charge in [0.25, 0.3) is 5.91 Å². The molecular weight excluding hydrogens is 379 g/mol. The summed E-state index contributed by atoms with van der Waals surface area (Å²) in [7, 11) is 1.75. The normalized spacial score (nSPS) is 11.8. The SMILES string of the molecule is C[C@@H](c1ccc(Cl)cc1Cl)N(C)C(=O)CCCNC(=O)c1ccsc1. The first-order valence-electron chi connectivity index (χ1n) is 7.91. The first-order valence-corrected chi connectivity index (χ1v) is 9.61. The summed E-state index contributed by atoms with van der Waals surface area (Å²) in [5, 5.41) is 7.58. The maximum atomic E-state index is 12.4. The van der Waals surface area contributed by atoms with Crippen molar-refractivity contribution in [3.05, 3.63) is 56.2 Å². The van der Waals surface area contributed by atoms with Gasteiger partial charge in [-0.3, -0.25) is 9.59 Å². The molecule has 7 heteroatoms. The lowest BCUT2D eigenvalue weighted by molar-refractivity contribution is -0.131. The van der Waals surface area contributed by atoms with E-state index < -0.39 is 0 Å². The third-order valence-electron chi connectivity index (χ3n) is 4.02. The first-order chi connectivity index (χ1) is 11.9. The molecule has 1 aromatic carbocycles. The van der Waals surface area contributed by atoms with Crippen molar-refractivity contribution < 1.29 is 9.59 Å². The number of amides is 2. The molecule has 4 nitrogen and oxygen atoms in total. The highest BCUT2D eigenvalue weighted by Crippen LogP contribution is 2.29. The van der Waals surface area contributed by atoms with Crippen LogP contribution < -0.4 is 5.32 Å². The molecule has 1 aromatic heterocycles. The molecule has 0 aliphatic heterocycles. The van der Waals surface area contributed by atoms with E-state index in [-0.39, 0.29) is 17.9 Å². The zero-order chi connectivity index (χ0) is 18.4. The minimum Gasteiger partial charge on any atom is -0.352 e. The second kappa shape index (κ2) is 9.22. The van der Waals surface area contributed by atoms with Gasteiger partial charge in [0.1, 0.15) is 0 Å². The Morgan fingerprint density at radius 1 is 1.28 bits per heavy atom. The molecule has 0 bridgehead atoms. The monoisotopic (exact) mass is 398 g/mol. The summed E-state index contributed by atoms with van der Waals surface area (Å²) >= 11 is 13.6. The predicted octanol–water partition coefficient (Wildman–Crippen LogP) is 4.78. The highest BCUT2D eigenvalue weighted by Gasteiger charge is 2.19. The molecule has 0 fully saturated rings. The van der Waals surface area contributed by atoms with Gasteiger partial charge in [0.2, 0.25) is 5.91 Å². The molecule has 1 N–H and O–H groups in total. The molecule has 25 heavy (non-hydrogen) atoms. The molecule has 0 radical (unpaired) electrons. The Hall–Kier alpha value is -1.56. The van der Waals surface area contributed by atoms with Crippen molar-refractivity contribution in [1.82, 2.24) is 10.2 Å². The standard InChI is InChI=1S/C18H20Cl2N2O2S/c1-12(15-6-5-14(19)10-16(15)20)22(2)17(23)4-3-8-21-18(24)13-7-9-25-11-13/h5-7,9-12H,3-4,8H2,1-2H3,(H,21,24)/t12-/m0/s1. The number of hydrogen-bond donors (Lipinski definition) is 1. The highest BCUT2D eigenvalue weighted by atomic mass is 35.5. The van der Waals surface area contributed by atoms with Crippen LogP contribution in [0.4, 0.5) is 0 Å². The lowest BCUT2D eigenvalue weighted by Crippen LogP contribution is -2.31. The van der Waals surface area contributed by atoms with E-state index in [1.807, 2.05) is 18.4 Å². The average molecular weight is 399 g/mol. The number of hydrogen-bond acceptors (Lipinski definition) is 3. The van der Waals surface area contributed by atoms with Crippen molar-refractivity contribution >= 4 is 46.4 Å². The zero-order valence-corrected chi connectivity index (χ0v) is 16.4. The van der Waals surface area contributed by atoms with Crippen molar-refractivity contribution in [2.45, 2.75) is 25.8 Å². The largest absolute Gasteiger partial charge is 0.352 e. The molecule has 2 rings (SSSR count). The Morgan fingerprint density at radius 2 is 2.04 bits per heavy atom. The zero-order valence-electron chi connectivity index (χ0n) is 14.1. The Balaban J connectivity index is 1.80. The van der Waals surface area contributed by atoms with E-state index in [1.165, 1.54) is 11.3 Å². The molecule has 0 saturated carbocycles. The van der Waals surface area contributed by atoms with Gasteiger partial charge in [-0.1, -0.05) is 29.3 Å². The van der Waals surface area contributed by atoms with Gasteiger partial charge in [-0.25, -0.2) is 0 Å². The van der Waals surface area contributed by atoms with Crippen molar-refractivity contribution in [1.29, 1.82) is 0 Å². The first kappa shape index (κ1) is 19.8. The summed E-state index contributed by atoms with van der Waals surface area (Å²) in [6, 6.07) is 6.89. The Kier molecular flexibility index (Phi) is 7.29. The summed E-state index contributed by atoms with van der Waals surface area (Å²) in [6.45, 7) is 2.38. The minimum atomic E-state index is -0.155. The fourth-order valence-electron chi connectivity index (χ4n) is 2.38.